The fourth-order valence-corrected chi connectivity index (χ4v) is 5.36. The Kier molecular flexibility index (Phi) is 7.67. The number of hydrogen-bond acceptors (Lipinski definition) is 4. The molecule has 1 aliphatic rings. The van der Waals surface area contributed by atoms with Crippen LogP contribution in [0.3, 0.4) is 0 Å². The summed E-state index contributed by atoms with van der Waals surface area (Å²) in [7, 11) is 0. The standard InChI is InChI=1S/C29H27Br2N3O2/c1-19-7-9-20(10-8-19)18-36-27-14-12-23(30)15-22(27)17-32-34-28(21-5-3-2-4-6-21)33-26-13-11-24(31)16-25(26)29(34)35/h7-17,21H,2-6,18H2,1H3. The van der Waals surface area contributed by atoms with Crippen molar-refractivity contribution in [1.29, 1.82) is 0 Å². The fourth-order valence-electron chi connectivity index (χ4n) is 4.62. The van der Waals surface area contributed by atoms with Crippen LogP contribution in [-0.2, 0) is 6.61 Å². The van der Waals surface area contributed by atoms with Crippen LogP contribution in [-0.4, -0.2) is 15.9 Å². The molecule has 0 saturated heterocycles. The van der Waals surface area contributed by atoms with E-state index in [2.05, 4.69) is 63.0 Å². The van der Waals surface area contributed by atoms with Gasteiger partial charge in [-0.3, -0.25) is 4.79 Å². The van der Waals surface area contributed by atoms with Gasteiger partial charge in [-0.25, -0.2) is 4.98 Å². The molecule has 0 radical (unpaired) electrons. The molecule has 1 saturated carbocycles. The van der Waals surface area contributed by atoms with Crippen molar-refractivity contribution in [2.24, 2.45) is 5.10 Å². The van der Waals surface area contributed by atoms with E-state index in [1.165, 1.54) is 16.7 Å². The van der Waals surface area contributed by atoms with Gasteiger partial charge < -0.3 is 4.74 Å². The van der Waals surface area contributed by atoms with E-state index < -0.39 is 0 Å². The number of benzene rings is 3. The highest BCUT2D eigenvalue weighted by Crippen LogP contribution is 2.32. The molecule has 1 heterocycles. The van der Waals surface area contributed by atoms with Gasteiger partial charge in [-0.1, -0.05) is 81.0 Å². The topological polar surface area (TPSA) is 56.5 Å². The van der Waals surface area contributed by atoms with Crippen LogP contribution in [0.4, 0.5) is 0 Å². The van der Waals surface area contributed by atoms with Gasteiger partial charge in [0.05, 0.1) is 17.1 Å². The highest BCUT2D eigenvalue weighted by Gasteiger charge is 2.22. The third kappa shape index (κ3) is 5.62. The van der Waals surface area contributed by atoms with E-state index in [1.54, 1.807) is 6.21 Å². The fraction of sp³-hybridized carbons (Fsp3) is 0.276. The van der Waals surface area contributed by atoms with Gasteiger partial charge >= 0.3 is 0 Å². The Morgan fingerprint density at radius 3 is 2.50 bits per heavy atom. The zero-order valence-corrected chi connectivity index (χ0v) is 23.3. The maximum absolute atomic E-state index is 13.6. The summed E-state index contributed by atoms with van der Waals surface area (Å²) in [6.45, 7) is 2.51. The third-order valence-electron chi connectivity index (χ3n) is 6.60. The molecule has 0 amide bonds. The molecule has 0 spiro atoms. The van der Waals surface area contributed by atoms with Crippen LogP contribution in [0.25, 0.3) is 10.9 Å². The van der Waals surface area contributed by atoms with Gasteiger partial charge in [0, 0.05) is 20.4 Å². The molecule has 5 rings (SSSR count). The maximum atomic E-state index is 13.6. The zero-order chi connectivity index (χ0) is 25.1. The number of aromatic nitrogens is 2. The summed E-state index contributed by atoms with van der Waals surface area (Å²) >= 11 is 7.04. The number of aryl methyl sites for hydroxylation is 1. The van der Waals surface area contributed by atoms with Gasteiger partial charge in [-0.2, -0.15) is 9.78 Å². The first-order chi connectivity index (χ1) is 17.5. The highest BCUT2D eigenvalue weighted by molar-refractivity contribution is 9.10. The van der Waals surface area contributed by atoms with Crippen LogP contribution < -0.4 is 10.3 Å². The van der Waals surface area contributed by atoms with Crippen molar-refractivity contribution in [2.45, 2.75) is 51.6 Å². The summed E-state index contributed by atoms with van der Waals surface area (Å²) in [6.07, 6.45) is 7.26. The first-order valence-corrected chi connectivity index (χ1v) is 13.8. The molecule has 5 nitrogen and oxygen atoms in total. The van der Waals surface area contributed by atoms with Crippen molar-refractivity contribution < 1.29 is 4.74 Å². The molecule has 1 aromatic heterocycles. The molecule has 0 aliphatic heterocycles. The highest BCUT2D eigenvalue weighted by atomic mass is 79.9. The SMILES string of the molecule is Cc1ccc(COc2ccc(Br)cc2C=Nn2c(C3CCCCC3)nc3ccc(Br)cc3c2=O)cc1. The molecular formula is C29H27Br2N3O2. The van der Waals surface area contributed by atoms with Gasteiger partial charge in [0.2, 0.25) is 0 Å². The van der Waals surface area contributed by atoms with Crippen LogP contribution in [0.5, 0.6) is 5.75 Å². The second kappa shape index (κ2) is 11.1. The van der Waals surface area contributed by atoms with Crippen LogP contribution in [0.2, 0.25) is 0 Å². The van der Waals surface area contributed by atoms with E-state index >= 15 is 0 Å². The quantitative estimate of drug-likeness (QED) is 0.210. The van der Waals surface area contributed by atoms with Gasteiger partial charge in [0.15, 0.2) is 0 Å². The molecule has 36 heavy (non-hydrogen) atoms. The Labute approximate surface area is 227 Å². The number of fused-ring (bicyclic) bond motifs is 1. The molecule has 0 unspecified atom stereocenters. The summed E-state index contributed by atoms with van der Waals surface area (Å²) < 4.78 is 9.39. The van der Waals surface area contributed by atoms with E-state index in [-0.39, 0.29) is 11.5 Å². The molecule has 1 aliphatic carbocycles. The number of nitrogens with zero attached hydrogens (tertiary/aromatic N) is 3. The minimum Gasteiger partial charge on any atom is -0.488 e. The van der Waals surface area contributed by atoms with E-state index in [0.717, 1.165) is 51.6 Å². The Hall–Kier alpha value is -2.77. The van der Waals surface area contributed by atoms with Crippen molar-refractivity contribution in [3.63, 3.8) is 0 Å². The van der Waals surface area contributed by atoms with Gasteiger partial charge in [0.1, 0.15) is 18.2 Å². The molecule has 0 bridgehead atoms. The predicted molar refractivity (Wildman–Crippen MR) is 152 cm³/mol. The van der Waals surface area contributed by atoms with E-state index in [9.17, 15) is 4.79 Å². The smallest absolute Gasteiger partial charge is 0.282 e. The maximum Gasteiger partial charge on any atom is 0.282 e. The van der Waals surface area contributed by atoms with E-state index in [4.69, 9.17) is 14.8 Å². The molecule has 184 valence electrons. The van der Waals surface area contributed by atoms with Crippen LogP contribution in [0, 0.1) is 6.92 Å². The number of rotatable bonds is 6. The molecule has 3 aromatic carbocycles. The molecule has 4 aromatic rings. The molecule has 7 heteroatoms. The van der Waals surface area contributed by atoms with Crippen LogP contribution >= 0.6 is 31.9 Å². The summed E-state index contributed by atoms with van der Waals surface area (Å²) in [5.41, 5.74) is 3.64. The molecule has 0 N–H and O–H groups in total. The molecule has 1 fully saturated rings. The average molecular weight is 609 g/mol. The third-order valence-corrected chi connectivity index (χ3v) is 7.59. The Balaban J connectivity index is 1.53. The summed E-state index contributed by atoms with van der Waals surface area (Å²) in [5, 5.41) is 5.25. The second-order valence-corrected chi connectivity index (χ2v) is 11.1. The van der Waals surface area contributed by atoms with Crippen molar-refractivity contribution >= 4 is 49.0 Å². The van der Waals surface area contributed by atoms with E-state index in [1.807, 2.05) is 36.4 Å². The monoisotopic (exact) mass is 607 g/mol. The molecular weight excluding hydrogens is 582 g/mol. The lowest BCUT2D eigenvalue weighted by atomic mass is 9.88. The minimum absolute atomic E-state index is 0.157. The average Bonchev–Trinajstić information content (AvgIpc) is 2.89. The van der Waals surface area contributed by atoms with Crippen molar-refractivity contribution in [1.82, 2.24) is 9.66 Å². The Morgan fingerprint density at radius 1 is 1.00 bits per heavy atom. The van der Waals surface area contributed by atoms with Gasteiger partial charge in [-0.05, 0) is 61.7 Å². The van der Waals surface area contributed by atoms with Crippen LogP contribution in [0.1, 0.15) is 60.5 Å². The minimum atomic E-state index is -0.157. The number of halogens is 2. The number of hydrogen-bond donors (Lipinski definition) is 0. The van der Waals surface area contributed by atoms with Crippen molar-refractivity contribution in [3.8, 4) is 5.75 Å². The Bertz CT molecular complexity index is 1470. The summed E-state index contributed by atoms with van der Waals surface area (Å²) in [4.78, 5) is 18.5. The largest absolute Gasteiger partial charge is 0.488 e. The van der Waals surface area contributed by atoms with E-state index in [0.29, 0.717) is 23.3 Å². The summed E-state index contributed by atoms with van der Waals surface area (Å²) in [5.74, 6) is 1.66. The lowest BCUT2D eigenvalue weighted by Gasteiger charge is -2.22. The van der Waals surface area contributed by atoms with Crippen LogP contribution in [0.15, 0.2) is 79.5 Å². The number of ether oxygens (including phenoxy) is 1. The zero-order valence-electron chi connectivity index (χ0n) is 20.1. The first kappa shape index (κ1) is 24.9. The van der Waals surface area contributed by atoms with Crippen molar-refractivity contribution in [2.75, 3.05) is 0 Å². The lowest BCUT2D eigenvalue weighted by molar-refractivity contribution is 0.305. The normalized spacial score (nSPS) is 14.5. The second-order valence-electron chi connectivity index (χ2n) is 9.28. The van der Waals surface area contributed by atoms with Gasteiger partial charge in [0.25, 0.3) is 5.56 Å². The Morgan fingerprint density at radius 2 is 1.72 bits per heavy atom. The first-order valence-electron chi connectivity index (χ1n) is 12.2. The van der Waals surface area contributed by atoms with Crippen molar-refractivity contribution in [3.05, 3.63) is 102 Å². The molecule has 0 atom stereocenters. The predicted octanol–water partition coefficient (Wildman–Crippen LogP) is 7.74. The van der Waals surface area contributed by atoms with Gasteiger partial charge in [-0.15, -0.1) is 0 Å². The lowest BCUT2D eigenvalue weighted by Crippen LogP contribution is -2.25. The summed E-state index contributed by atoms with van der Waals surface area (Å²) in [6, 6.07) is 19.7.